The number of ether oxygens (including phenoxy) is 1. The second-order valence-corrected chi connectivity index (χ2v) is 9.52. The highest BCUT2D eigenvalue weighted by atomic mass is 19.3. The molecule has 3 fully saturated rings. The van der Waals surface area contributed by atoms with Crippen LogP contribution in [0.2, 0.25) is 0 Å². The SMILES string of the molecule is Fc1cc(C2CCC(C3CCC(C4CCCC4)CC3)CC2)cc(F)c1OC(F)F. The minimum atomic E-state index is -3.23. The van der Waals surface area contributed by atoms with E-state index in [1.807, 2.05) is 0 Å². The second-order valence-electron chi connectivity index (χ2n) is 9.52. The van der Waals surface area contributed by atoms with Gasteiger partial charge in [0.2, 0.25) is 0 Å². The Hall–Kier alpha value is -1.26. The summed E-state index contributed by atoms with van der Waals surface area (Å²) in [4.78, 5) is 0. The van der Waals surface area contributed by atoms with Gasteiger partial charge in [0, 0.05) is 0 Å². The minimum absolute atomic E-state index is 0.102. The molecule has 1 aromatic rings. The molecule has 1 nitrogen and oxygen atoms in total. The molecule has 0 aliphatic heterocycles. The molecule has 0 unspecified atom stereocenters. The van der Waals surface area contributed by atoms with Gasteiger partial charge in [-0.3, -0.25) is 0 Å². The fraction of sp³-hybridized carbons (Fsp3) is 0.750. The van der Waals surface area contributed by atoms with E-state index >= 15 is 0 Å². The summed E-state index contributed by atoms with van der Waals surface area (Å²) in [6, 6.07) is 2.36. The summed E-state index contributed by atoms with van der Waals surface area (Å²) < 4.78 is 56.7. The first-order valence-corrected chi connectivity index (χ1v) is 11.4. The summed E-state index contributed by atoms with van der Waals surface area (Å²) in [5.74, 6) is 0.525. The van der Waals surface area contributed by atoms with Gasteiger partial charge in [0.15, 0.2) is 17.4 Å². The number of rotatable bonds is 5. The summed E-state index contributed by atoms with van der Waals surface area (Å²) in [6.07, 6.45) is 15.2. The summed E-state index contributed by atoms with van der Waals surface area (Å²) in [5.41, 5.74) is 0.574. The molecule has 0 spiro atoms. The molecule has 0 N–H and O–H groups in total. The third kappa shape index (κ3) is 4.91. The van der Waals surface area contributed by atoms with Crippen LogP contribution in [0.25, 0.3) is 0 Å². The predicted octanol–water partition coefficient (Wildman–Crippen LogP) is 7.84. The van der Waals surface area contributed by atoms with Gasteiger partial charge < -0.3 is 4.74 Å². The van der Waals surface area contributed by atoms with E-state index in [9.17, 15) is 17.6 Å². The zero-order valence-electron chi connectivity index (χ0n) is 17.0. The summed E-state index contributed by atoms with van der Waals surface area (Å²) in [6.45, 7) is -3.23. The van der Waals surface area contributed by atoms with Crippen molar-refractivity contribution in [3.8, 4) is 5.75 Å². The van der Waals surface area contributed by atoms with Gasteiger partial charge in [-0.05, 0) is 98.7 Å². The number of alkyl halides is 2. The van der Waals surface area contributed by atoms with Crippen molar-refractivity contribution in [1.82, 2.24) is 0 Å². The maximum absolute atomic E-state index is 14.1. The highest BCUT2D eigenvalue weighted by molar-refractivity contribution is 5.33. The molecule has 29 heavy (non-hydrogen) atoms. The Kier molecular flexibility index (Phi) is 6.70. The van der Waals surface area contributed by atoms with Crippen LogP contribution in [-0.2, 0) is 0 Å². The van der Waals surface area contributed by atoms with E-state index in [4.69, 9.17) is 0 Å². The smallest absolute Gasteiger partial charge is 0.387 e. The van der Waals surface area contributed by atoms with E-state index in [1.54, 1.807) is 0 Å². The van der Waals surface area contributed by atoms with E-state index in [1.165, 1.54) is 63.5 Å². The van der Waals surface area contributed by atoms with E-state index in [0.717, 1.165) is 49.4 Å². The van der Waals surface area contributed by atoms with Gasteiger partial charge in [-0.15, -0.1) is 0 Å². The van der Waals surface area contributed by atoms with Gasteiger partial charge in [0.1, 0.15) is 0 Å². The molecule has 0 aromatic heterocycles. The molecule has 0 saturated heterocycles. The Balaban J connectivity index is 1.29. The average molecular weight is 413 g/mol. The Bertz CT molecular complexity index is 646. The van der Waals surface area contributed by atoms with Crippen molar-refractivity contribution in [2.24, 2.45) is 23.7 Å². The number of hydrogen-bond acceptors (Lipinski definition) is 1. The second kappa shape index (κ2) is 9.26. The van der Waals surface area contributed by atoms with Crippen LogP contribution in [0.4, 0.5) is 17.6 Å². The fourth-order valence-electron chi connectivity index (χ4n) is 6.46. The van der Waals surface area contributed by atoms with Crippen molar-refractivity contribution < 1.29 is 22.3 Å². The van der Waals surface area contributed by atoms with Crippen molar-refractivity contribution in [3.05, 3.63) is 29.3 Å². The van der Waals surface area contributed by atoms with Crippen molar-refractivity contribution in [2.45, 2.75) is 89.6 Å². The molecule has 3 aliphatic rings. The van der Waals surface area contributed by atoms with Gasteiger partial charge in [-0.25, -0.2) is 8.78 Å². The van der Waals surface area contributed by atoms with Crippen molar-refractivity contribution in [3.63, 3.8) is 0 Å². The summed E-state index contributed by atoms with van der Waals surface area (Å²) in [5, 5.41) is 0. The highest BCUT2D eigenvalue weighted by Gasteiger charge is 2.34. The summed E-state index contributed by atoms with van der Waals surface area (Å²) in [7, 11) is 0. The quantitative estimate of drug-likeness (QED) is 0.448. The third-order valence-corrected chi connectivity index (χ3v) is 8.02. The lowest BCUT2D eigenvalue weighted by Gasteiger charge is -2.39. The average Bonchev–Trinajstić information content (AvgIpc) is 3.26. The van der Waals surface area contributed by atoms with E-state index in [-0.39, 0.29) is 5.92 Å². The molecular weight excluding hydrogens is 380 g/mol. The Labute approximate surface area is 171 Å². The minimum Gasteiger partial charge on any atom is -0.429 e. The lowest BCUT2D eigenvalue weighted by molar-refractivity contribution is -0.0546. The van der Waals surface area contributed by atoms with Crippen LogP contribution in [0.5, 0.6) is 5.75 Å². The lowest BCUT2D eigenvalue weighted by Crippen LogP contribution is -2.27. The zero-order valence-corrected chi connectivity index (χ0v) is 17.0. The Morgan fingerprint density at radius 3 is 1.52 bits per heavy atom. The number of benzene rings is 1. The van der Waals surface area contributed by atoms with Crippen LogP contribution in [0, 0.1) is 35.3 Å². The molecule has 3 aliphatic carbocycles. The summed E-state index contributed by atoms with van der Waals surface area (Å²) >= 11 is 0. The normalized spacial score (nSPS) is 31.3. The zero-order chi connectivity index (χ0) is 20.4. The van der Waals surface area contributed by atoms with E-state index in [2.05, 4.69) is 4.74 Å². The molecule has 5 heteroatoms. The largest absolute Gasteiger partial charge is 0.429 e. The molecule has 0 radical (unpaired) electrons. The Morgan fingerprint density at radius 2 is 1.07 bits per heavy atom. The fourth-order valence-corrected chi connectivity index (χ4v) is 6.46. The maximum Gasteiger partial charge on any atom is 0.387 e. The molecule has 0 amide bonds. The highest BCUT2D eigenvalue weighted by Crippen LogP contribution is 2.47. The monoisotopic (exact) mass is 412 g/mol. The first kappa shape index (κ1) is 21.0. The topological polar surface area (TPSA) is 9.23 Å². The van der Waals surface area contributed by atoms with Crippen molar-refractivity contribution in [2.75, 3.05) is 0 Å². The van der Waals surface area contributed by atoms with Gasteiger partial charge >= 0.3 is 6.61 Å². The number of halogens is 4. The Morgan fingerprint density at radius 1 is 0.655 bits per heavy atom. The van der Waals surface area contributed by atoms with Crippen LogP contribution in [0.3, 0.4) is 0 Å². The molecule has 3 saturated carbocycles. The van der Waals surface area contributed by atoms with Gasteiger partial charge in [-0.2, -0.15) is 8.78 Å². The molecule has 0 heterocycles. The molecule has 1 aromatic carbocycles. The van der Waals surface area contributed by atoms with Crippen molar-refractivity contribution >= 4 is 0 Å². The third-order valence-electron chi connectivity index (χ3n) is 8.02. The van der Waals surface area contributed by atoms with E-state index < -0.39 is 24.0 Å². The maximum atomic E-state index is 14.1. The van der Waals surface area contributed by atoms with Crippen LogP contribution >= 0.6 is 0 Å². The van der Waals surface area contributed by atoms with Gasteiger partial charge in [0.25, 0.3) is 0 Å². The first-order chi connectivity index (χ1) is 14.0. The van der Waals surface area contributed by atoms with Crippen molar-refractivity contribution in [1.29, 1.82) is 0 Å². The van der Waals surface area contributed by atoms with Crippen LogP contribution < -0.4 is 4.74 Å². The lowest BCUT2D eigenvalue weighted by atomic mass is 9.66. The van der Waals surface area contributed by atoms with Crippen LogP contribution in [0.1, 0.15) is 88.5 Å². The van der Waals surface area contributed by atoms with Gasteiger partial charge in [0.05, 0.1) is 0 Å². The molecule has 4 rings (SSSR count). The molecule has 0 bridgehead atoms. The van der Waals surface area contributed by atoms with Gasteiger partial charge in [-0.1, -0.05) is 25.7 Å². The predicted molar refractivity (Wildman–Crippen MR) is 105 cm³/mol. The molecular formula is C24H32F4O. The molecule has 0 atom stereocenters. The van der Waals surface area contributed by atoms with Crippen LogP contribution in [0.15, 0.2) is 12.1 Å². The van der Waals surface area contributed by atoms with E-state index in [0.29, 0.717) is 5.56 Å². The van der Waals surface area contributed by atoms with Crippen LogP contribution in [-0.4, -0.2) is 6.61 Å². The first-order valence-electron chi connectivity index (χ1n) is 11.4. The molecule has 162 valence electrons. The number of hydrogen-bond donors (Lipinski definition) is 0. The standard InChI is InChI=1S/C24H32F4O/c25-21-13-20(14-22(26)23(21)29-24(27)28)19-11-9-18(10-12-19)17-7-5-16(6-8-17)15-3-1-2-4-15/h13-19,24H,1-12H2.